The van der Waals surface area contributed by atoms with Gasteiger partial charge in [0.1, 0.15) is 18.2 Å². The van der Waals surface area contributed by atoms with Crippen LogP contribution in [-0.4, -0.2) is 33.0 Å². The molecular weight excluding hydrogens is 347 g/mol. The molecule has 0 atom stereocenters. The van der Waals surface area contributed by atoms with Crippen LogP contribution >= 0.6 is 24.0 Å². The van der Waals surface area contributed by atoms with Crippen molar-refractivity contribution in [2.75, 3.05) is 12.3 Å². The third kappa shape index (κ3) is 5.45. The molecule has 0 fully saturated rings. The standard InChI is InChI=1S/C16H21FN4OS2/c1-2-5-14-19-20-16(23)21(14)10-15(22)18-8-9-24-11-12-6-3-4-7-13(12)17/h3-4,6-7H,2,5,8-11H2,1H3,(H,18,22)(H,20,23). The lowest BCUT2D eigenvalue weighted by molar-refractivity contribution is -0.121. The van der Waals surface area contributed by atoms with Crippen molar-refractivity contribution >= 4 is 29.9 Å². The Labute approximate surface area is 150 Å². The van der Waals surface area contributed by atoms with Crippen molar-refractivity contribution in [2.45, 2.75) is 32.1 Å². The van der Waals surface area contributed by atoms with E-state index in [0.717, 1.165) is 24.4 Å². The second-order valence-corrected chi connectivity index (χ2v) is 6.77. The molecule has 24 heavy (non-hydrogen) atoms. The Morgan fingerprint density at radius 3 is 3.00 bits per heavy atom. The van der Waals surface area contributed by atoms with Crippen molar-refractivity contribution in [2.24, 2.45) is 0 Å². The van der Waals surface area contributed by atoms with Gasteiger partial charge in [-0.1, -0.05) is 25.1 Å². The monoisotopic (exact) mass is 368 g/mol. The van der Waals surface area contributed by atoms with Gasteiger partial charge in [-0.05, 0) is 30.3 Å². The maximum Gasteiger partial charge on any atom is 0.240 e. The summed E-state index contributed by atoms with van der Waals surface area (Å²) in [5.41, 5.74) is 0.683. The number of nitrogens with one attached hydrogen (secondary N) is 2. The van der Waals surface area contributed by atoms with Crippen molar-refractivity contribution in [1.82, 2.24) is 20.1 Å². The fraction of sp³-hybridized carbons (Fsp3) is 0.438. The second-order valence-electron chi connectivity index (χ2n) is 5.28. The third-order valence-electron chi connectivity index (χ3n) is 3.40. The predicted molar refractivity (Wildman–Crippen MR) is 97.0 cm³/mol. The predicted octanol–water partition coefficient (Wildman–Crippen LogP) is 3.08. The molecule has 1 heterocycles. The first-order valence-electron chi connectivity index (χ1n) is 7.83. The minimum absolute atomic E-state index is 0.101. The maximum atomic E-state index is 13.5. The number of H-pyrrole nitrogens is 1. The van der Waals surface area contributed by atoms with Crippen LogP contribution in [-0.2, 0) is 23.5 Å². The Kier molecular flexibility index (Phi) is 7.45. The summed E-state index contributed by atoms with van der Waals surface area (Å²) in [5, 5.41) is 9.72. The van der Waals surface area contributed by atoms with Gasteiger partial charge in [-0.2, -0.15) is 16.9 Å². The van der Waals surface area contributed by atoms with E-state index in [9.17, 15) is 9.18 Å². The molecule has 0 aliphatic carbocycles. The molecule has 8 heteroatoms. The largest absolute Gasteiger partial charge is 0.354 e. The van der Waals surface area contributed by atoms with E-state index in [2.05, 4.69) is 22.4 Å². The fourth-order valence-electron chi connectivity index (χ4n) is 2.19. The summed E-state index contributed by atoms with van der Waals surface area (Å²) in [6.07, 6.45) is 1.72. The quantitative estimate of drug-likeness (QED) is 0.527. The summed E-state index contributed by atoms with van der Waals surface area (Å²) >= 11 is 6.74. The number of benzene rings is 1. The van der Waals surface area contributed by atoms with E-state index < -0.39 is 0 Å². The smallest absolute Gasteiger partial charge is 0.240 e. The minimum Gasteiger partial charge on any atom is -0.354 e. The molecule has 1 amide bonds. The number of amides is 1. The Balaban J connectivity index is 1.71. The summed E-state index contributed by atoms with van der Waals surface area (Å²) in [6.45, 7) is 2.75. The van der Waals surface area contributed by atoms with E-state index >= 15 is 0 Å². The van der Waals surface area contributed by atoms with E-state index in [4.69, 9.17) is 12.2 Å². The van der Waals surface area contributed by atoms with Crippen LogP contribution < -0.4 is 5.32 Å². The van der Waals surface area contributed by atoms with Gasteiger partial charge in [-0.25, -0.2) is 4.39 Å². The van der Waals surface area contributed by atoms with Gasteiger partial charge in [-0.15, -0.1) is 0 Å². The van der Waals surface area contributed by atoms with Crippen LogP contribution in [0.25, 0.3) is 0 Å². The number of nitrogens with zero attached hydrogens (tertiary/aromatic N) is 2. The van der Waals surface area contributed by atoms with Gasteiger partial charge in [0.2, 0.25) is 5.91 Å². The number of aryl methyl sites for hydroxylation is 1. The first-order chi connectivity index (χ1) is 11.6. The van der Waals surface area contributed by atoms with E-state index in [1.165, 1.54) is 6.07 Å². The van der Waals surface area contributed by atoms with Crippen LogP contribution in [0.15, 0.2) is 24.3 Å². The van der Waals surface area contributed by atoms with E-state index in [-0.39, 0.29) is 18.3 Å². The van der Waals surface area contributed by atoms with Crippen molar-refractivity contribution in [1.29, 1.82) is 0 Å². The molecule has 2 rings (SSSR count). The molecule has 0 radical (unpaired) electrons. The maximum absolute atomic E-state index is 13.5. The first-order valence-corrected chi connectivity index (χ1v) is 9.40. The number of carbonyl (C=O) groups excluding carboxylic acids is 1. The van der Waals surface area contributed by atoms with Gasteiger partial charge in [0, 0.05) is 24.5 Å². The van der Waals surface area contributed by atoms with Crippen LogP contribution in [0.3, 0.4) is 0 Å². The highest BCUT2D eigenvalue weighted by molar-refractivity contribution is 7.98. The van der Waals surface area contributed by atoms with Crippen molar-refractivity contribution in [3.63, 3.8) is 0 Å². The average Bonchev–Trinajstić information content (AvgIpc) is 2.90. The van der Waals surface area contributed by atoms with Crippen molar-refractivity contribution in [3.05, 3.63) is 46.2 Å². The van der Waals surface area contributed by atoms with E-state index in [0.29, 0.717) is 22.6 Å². The summed E-state index contributed by atoms with van der Waals surface area (Å²) in [7, 11) is 0. The Bertz CT molecular complexity index is 729. The molecule has 0 saturated heterocycles. The zero-order valence-electron chi connectivity index (χ0n) is 13.5. The second kappa shape index (κ2) is 9.58. The number of rotatable bonds is 9. The topological polar surface area (TPSA) is 62.7 Å². The van der Waals surface area contributed by atoms with Gasteiger partial charge in [0.05, 0.1) is 0 Å². The van der Waals surface area contributed by atoms with E-state index in [1.807, 2.05) is 6.07 Å². The van der Waals surface area contributed by atoms with Gasteiger partial charge >= 0.3 is 0 Å². The lowest BCUT2D eigenvalue weighted by Gasteiger charge is -2.08. The van der Waals surface area contributed by atoms with Crippen molar-refractivity contribution < 1.29 is 9.18 Å². The molecule has 0 aliphatic heterocycles. The number of aromatic nitrogens is 3. The Hall–Kier alpha value is -1.67. The van der Waals surface area contributed by atoms with Gasteiger partial charge in [0.15, 0.2) is 4.77 Å². The number of thioether (sulfide) groups is 1. The zero-order valence-corrected chi connectivity index (χ0v) is 15.2. The number of aromatic amines is 1. The molecule has 1 aromatic carbocycles. The molecule has 2 aromatic rings. The normalized spacial score (nSPS) is 10.8. The Morgan fingerprint density at radius 2 is 2.25 bits per heavy atom. The highest BCUT2D eigenvalue weighted by Gasteiger charge is 2.09. The average molecular weight is 369 g/mol. The lowest BCUT2D eigenvalue weighted by atomic mass is 10.2. The molecule has 1 aromatic heterocycles. The molecule has 0 bridgehead atoms. The molecular formula is C16H21FN4OS2. The van der Waals surface area contributed by atoms with Crippen molar-refractivity contribution in [3.8, 4) is 0 Å². The molecule has 0 saturated carbocycles. The zero-order chi connectivity index (χ0) is 17.4. The number of hydrogen-bond donors (Lipinski definition) is 2. The number of hydrogen-bond acceptors (Lipinski definition) is 4. The molecule has 2 N–H and O–H groups in total. The van der Waals surface area contributed by atoms with Crippen LogP contribution in [0.2, 0.25) is 0 Å². The third-order valence-corrected chi connectivity index (χ3v) is 4.72. The highest BCUT2D eigenvalue weighted by atomic mass is 32.2. The summed E-state index contributed by atoms with van der Waals surface area (Å²) < 4.78 is 15.7. The first kappa shape index (κ1) is 18.7. The molecule has 130 valence electrons. The van der Waals surface area contributed by atoms with Crippen LogP contribution in [0.5, 0.6) is 0 Å². The molecule has 0 aliphatic rings. The molecule has 0 spiro atoms. The van der Waals surface area contributed by atoms with Crippen LogP contribution in [0, 0.1) is 10.6 Å². The van der Waals surface area contributed by atoms with Crippen LogP contribution in [0.4, 0.5) is 4.39 Å². The minimum atomic E-state index is -0.188. The number of halogens is 1. The van der Waals surface area contributed by atoms with E-state index in [1.54, 1.807) is 28.5 Å². The SMILES string of the molecule is CCCc1n[nH]c(=S)n1CC(=O)NCCSCc1ccccc1F. The summed E-state index contributed by atoms with van der Waals surface area (Å²) in [4.78, 5) is 12.0. The van der Waals surface area contributed by atoms with Gasteiger partial charge in [0.25, 0.3) is 0 Å². The lowest BCUT2D eigenvalue weighted by Crippen LogP contribution is -2.30. The molecule has 0 unspecified atom stereocenters. The van der Waals surface area contributed by atoms with Gasteiger partial charge in [-0.3, -0.25) is 14.5 Å². The highest BCUT2D eigenvalue weighted by Crippen LogP contribution is 2.14. The fourth-order valence-corrected chi connectivity index (χ4v) is 3.25. The number of carbonyl (C=O) groups is 1. The molecule has 5 nitrogen and oxygen atoms in total. The summed E-state index contributed by atoms with van der Waals surface area (Å²) in [6, 6.07) is 6.73. The van der Waals surface area contributed by atoms with Crippen LogP contribution in [0.1, 0.15) is 24.7 Å². The summed E-state index contributed by atoms with van der Waals surface area (Å²) in [5.74, 6) is 1.82. The Morgan fingerprint density at radius 1 is 1.46 bits per heavy atom. The van der Waals surface area contributed by atoms with Gasteiger partial charge < -0.3 is 5.32 Å².